The number of ether oxygens (including phenoxy) is 2. The molecule has 0 aliphatic carbocycles. The monoisotopic (exact) mass is 425 g/mol. The van der Waals surface area contributed by atoms with E-state index in [1.807, 2.05) is 30.3 Å². The molecule has 1 heterocycles. The van der Waals surface area contributed by atoms with E-state index in [-0.39, 0.29) is 12.4 Å². The van der Waals surface area contributed by atoms with E-state index in [4.69, 9.17) is 9.47 Å². The maximum absolute atomic E-state index is 13.9. The Hall–Kier alpha value is -3.32. The summed E-state index contributed by atoms with van der Waals surface area (Å²) in [6.07, 6.45) is 3.04. The molecular weight excluding hydrogens is 405 g/mol. The number of anilines is 1. The molecule has 0 aromatic heterocycles. The smallest absolute Gasteiger partial charge is 0.229 e. The fraction of sp³-hybridized carbons (Fsp3) is 0.130. The summed E-state index contributed by atoms with van der Waals surface area (Å²) in [6, 6.07) is 17.2. The van der Waals surface area contributed by atoms with Crippen LogP contribution in [-0.4, -0.2) is 21.8 Å². The third kappa shape index (κ3) is 4.31. The molecule has 0 saturated carbocycles. The summed E-state index contributed by atoms with van der Waals surface area (Å²) in [5, 5.41) is 0. The topological polar surface area (TPSA) is 64.6 Å². The van der Waals surface area contributed by atoms with Crippen LogP contribution in [0.2, 0.25) is 0 Å². The Morgan fingerprint density at radius 2 is 1.87 bits per heavy atom. The van der Waals surface area contributed by atoms with Gasteiger partial charge in [-0.15, -0.1) is 0 Å². The van der Waals surface area contributed by atoms with Gasteiger partial charge < -0.3 is 9.47 Å². The minimum atomic E-state index is -3.39. The Balaban J connectivity index is 1.89. The van der Waals surface area contributed by atoms with Crippen LogP contribution < -0.4 is 14.2 Å². The van der Waals surface area contributed by atoms with Gasteiger partial charge in [0, 0.05) is 22.9 Å². The first-order chi connectivity index (χ1) is 14.3. The lowest BCUT2D eigenvalue weighted by atomic mass is 9.92. The SMILES string of the molecule is COc1ccc2c(c1)COc1cc(F)ccc1/C2=C\c1cccc(NS(C)(=O)=O)c1. The fourth-order valence-electron chi connectivity index (χ4n) is 3.45. The maximum Gasteiger partial charge on any atom is 0.229 e. The highest BCUT2D eigenvalue weighted by Crippen LogP contribution is 2.39. The zero-order valence-corrected chi connectivity index (χ0v) is 17.3. The van der Waals surface area contributed by atoms with Gasteiger partial charge in [-0.3, -0.25) is 4.72 Å². The van der Waals surface area contributed by atoms with E-state index in [1.54, 1.807) is 31.4 Å². The molecule has 0 atom stereocenters. The second-order valence-electron chi connectivity index (χ2n) is 7.01. The van der Waals surface area contributed by atoms with Crippen molar-refractivity contribution in [2.45, 2.75) is 6.61 Å². The number of nitrogens with one attached hydrogen (secondary N) is 1. The van der Waals surface area contributed by atoms with Crippen molar-refractivity contribution in [3.63, 3.8) is 0 Å². The molecule has 1 N–H and O–H groups in total. The molecule has 4 rings (SSSR count). The second kappa shape index (κ2) is 7.84. The number of methoxy groups -OCH3 is 1. The molecular formula is C23H20FNO4S. The molecule has 1 aliphatic heterocycles. The highest BCUT2D eigenvalue weighted by atomic mass is 32.2. The summed E-state index contributed by atoms with van der Waals surface area (Å²) in [7, 11) is -1.79. The normalized spacial score (nSPS) is 14.3. The third-order valence-corrected chi connectivity index (χ3v) is 5.33. The van der Waals surface area contributed by atoms with Gasteiger partial charge in [-0.2, -0.15) is 0 Å². The minimum absolute atomic E-state index is 0.274. The molecule has 0 radical (unpaired) electrons. The molecule has 0 bridgehead atoms. The van der Waals surface area contributed by atoms with Gasteiger partial charge in [0.05, 0.1) is 13.4 Å². The standard InChI is InChI=1S/C23H20FNO4S/c1-28-19-7-9-20-16(12-19)14-29-23-13-17(24)6-8-21(23)22(20)11-15-4-3-5-18(10-15)25-30(2,26)27/h3-13,25H,14H2,1-2H3/b22-11-. The van der Waals surface area contributed by atoms with Crippen LogP contribution in [0, 0.1) is 5.82 Å². The summed E-state index contributed by atoms with van der Waals surface area (Å²) in [5.74, 6) is 0.769. The molecule has 7 heteroatoms. The first kappa shape index (κ1) is 20.0. The van der Waals surface area contributed by atoms with Crippen LogP contribution in [0.3, 0.4) is 0 Å². The number of fused-ring (bicyclic) bond motifs is 2. The number of rotatable bonds is 4. The quantitative estimate of drug-likeness (QED) is 0.659. The molecule has 1 aliphatic rings. The minimum Gasteiger partial charge on any atom is -0.497 e. The van der Waals surface area contributed by atoms with E-state index < -0.39 is 10.0 Å². The Bertz CT molecular complexity index is 1250. The lowest BCUT2D eigenvalue weighted by molar-refractivity contribution is 0.304. The van der Waals surface area contributed by atoms with Crippen LogP contribution in [0.1, 0.15) is 22.3 Å². The lowest BCUT2D eigenvalue weighted by Crippen LogP contribution is -2.09. The first-order valence-corrected chi connectivity index (χ1v) is 11.1. The van der Waals surface area contributed by atoms with Gasteiger partial charge in [0.1, 0.15) is 23.9 Å². The van der Waals surface area contributed by atoms with Gasteiger partial charge in [0.25, 0.3) is 0 Å². The average molecular weight is 425 g/mol. The summed E-state index contributed by atoms with van der Waals surface area (Å²) in [5.41, 5.74) is 4.69. The van der Waals surface area contributed by atoms with E-state index in [0.29, 0.717) is 17.2 Å². The van der Waals surface area contributed by atoms with Crippen molar-refractivity contribution in [1.82, 2.24) is 0 Å². The van der Waals surface area contributed by atoms with Crippen molar-refractivity contribution in [2.75, 3.05) is 18.1 Å². The molecule has 3 aromatic carbocycles. The number of hydrogen-bond donors (Lipinski definition) is 1. The maximum atomic E-state index is 13.9. The highest BCUT2D eigenvalue weighted by Gasteiger charge is 2.20. The summed E-state index contributed by atoms with van der Waals surface area (Å²) in [6.45, 7) is 0.274. The Morgan fingerprint density at radius 1 is 1.07 bits per heavy atom. The fourth-order valence-corrected chi connectivity index (χ4v) is 4.00. The van der Waals surface area contributed by atoms with Crippen molar-refractivity contribution >= 4 is 27.4 Å². The van der Waals surface area contributed by atoms with Crippen molar-refractivity contribution in [2.24, 2.45) is 0 Å². The number of sulfonamides is 1. The van der Waals surface area contributed by atoms with Gasteiger partial charge in [-0.05, 0) is 59.2 Å². The molecule has 0 unspecified atom stereocenters. The van der Waals surface area contributed by atoms with Crippen molar-refractivity contribution in [3.05, 3.63) is 88.7 Å². The molecule has 0 amide bonds. The third-order valence-electron chi connectivity index (χ3n) is 4.72. The van der Waals surface area contributed by atoms with Gasteiger partial charge in [-0.1, -0.05) is 18.2 Å². The van der Waals surface area contributed by atoms with Crippen LogP contribution in [0.4, 0.5) is 10.1 Å². The van der Waals surface area contributed by atoms with Crippen LogP contribution in [-0.2, 0) is 16.6 Å². The van der Waals surface area contributed by atoms with Gasteiger partial charge >= 0.3 is 0 Å². The Morgan fingerprint density at radius 3 is 2.63 bits per heavy atom. The number of hydrogen-bond acceptors (Lipinski definition) is 4. The van der Waals surface area contributed by atoms with E-state index in [1.165, 1.54) is 12.1 Å². The average Bonchev–Trinajstić information content (AvgIpc) is 2.83. The first-order valence-electron chi connectivity index (χ1n) is 9.22. The van der Waals surface area contributed by atoms with Crippen LogP contribution >= 0.6 is 0 Å². The molecule has 0 spiro atoms. The summed E-state index contributed by atoms with van der Waals surface area (Å²) in [4.78, 5) is 0. The zero-order chi connectivity index (χ0) is 21.3. The van der Waals surface area contributed by atoms with Crippen molar-refractivity contribution in [1.29, 1.82) is 0 Å². The molecule has 5 nitrogen and oxygen atoms in total. The van der Waals surface area contributed by atoms with Gasteiger partial charge in [0.15, 0.2) is 0 Å². The number of benzene rings is 3. The van der Waals surface area contributed by atoms with E-state index in [2.05, 4.69) is 4.72 Å². The largest absolute Gasteiger partial charge is 0.497 e. The van der Waals surface area contributed by atoms with E-state index >= 15 is 0 Å². The lowest BCUT2D eigenvalue weighted by Gasteiger charge is -2.12. The molecule has 30 heavy (non-hydrogen) atoms. The van der Waals surface area contributed by atoms with Gasteiger partial charge in [-0.25, -0.2) is 12.8 Å². The van der Waals surface area contributed by atoms with Crippen molar-refractivity contribution in [3.8, 4) is 11.5 Å². The van der Waals surface area contributed by atoms with E-state index in [0.717, 1.165) is 34.1 Å². The zero-order valence-electron chi connectivity index (χ0n) is 16.5. The Kier molecular flexibility index (Phi) is 5.22. The molecule has 0 saturated heterocycles. The number of halogens is 1. The van der Waals surface area contributed by atoms with Crippen LogP contribution in [0.5, 0.6) is 11.5 Å². The summed E-state index contributed by atoms with van der Waals surface area (Å²) < 4.78 is 50.7. The van der Waals surface area contributed by atoms with Crippen LogP contribution in [0.15, 0.2) is 60.7 Å². The predicted molar refractivity (Wildman–Crippen MR) is 116 cm³/mol. The van der Waals surface area contributed by atoms with E-state index in [9.17, 15) is 12.8 Å². The van der Waals surface area contributed by atoms with Crippen molar-refractivity contribution < 1.29 is 22.3 Å². The predicted octanol–water partition coefficient (Wildman–Crippen LogP) is 4.69. The summed E-state index contributed by atoms with van der Waals surface area (Å²) >= 11 is 0. The van der Waals surface area contributed by atoms with Crippen LogP contribution in [0.25, 0.3) is 11.6 Å². The highest BCUT2D eigenvalue weighted by molar-refractivity contribution is 7.92. The molecule has 3 aromatic rings. The Labute approximate surface area is 174 Å². The van der Waals surface area contributed by atoms with Gasteiger partial charge in [0.2, 0.25) is 10.0 Å². The molecule has 0 fully saturated rings. The second-order valence-corrected chi connectivity index (χ2v) is 8.76. The molecule has 154 valence electrons.